The fraction of sp³-hybridized carbons (Fsp3) is 0.467. The molecule has 1 fully saturated rings. The van der Waals surface area contributed by atoms with E-state index >= 15 is 0 Å². The fourth-order valence-corrected chi connectivity index (χ4v) is 2.81. The average molecular weight is 246 g/mol. The molecule has 0 aliphatic carbocycles. The van der Waals surface area contributed by atoms with Gasteiger partial charge in [-0.25, -0.2) is 0 Å². The van der Waals surface area contributed by atoms with Crippen molar-refractivity contribution in [1.29, 1.82) is 0 Å². The van der Waals surface area contributed by atoms with Gasteiger partial charge in [0.1, 0.15) is 11.3 Å². The highest BCUT2D eigenvalue weighted by Crippen LogP contribution is 2.36. The number of hydrogen-bond donors (Lipinski definition) is 1. The molecule has 2 atom stereocenters. The van der Waals surface area contributed by atoms with Crippen molar-refractivity contribution in [2.45, 2.75) is 25.9 Å². The predicted octanol–water partition coefficient (Wildman–Crippen LogP) is 3.20. The Kier molecular flexibility index (Phi) is 3.10. The van der Waals surface area contributed by atoms with Crippen molar-refractivity contribution in [3.63, 3.8) is 0 Å². The summed E-state index contributed by atoms with van der Waals surface area (Å²) in [5.74, 6) is 0.993. The summed E-state index contributed by atoms with van der Waals surface area (Å²) in [5.41, 5.74) is 1.78. The summed E-state index contributed by atoms with van der Waals surface area (Å²) < 4.78 is 11.2. The molecule has 3 heteroatoms. The topological polar surface area (TPSA) is 42.6 Å². The number of benzene rings is 1. The molecular formula is C15H18O3. The molecule has 1 aromatic heterocycles. The van der Waals surface area contributed by atoms with Gasteiger partial charge in [-0.3, -0.25) is 0 Å². The molecule has 0 saturated carbocycles. The molecule has 2 unspecified atom stereocenters. The van der Waals surface area contributed by atoms with Gasteiger partial charge in [-0.05, 0) is 25.8 Å². The van der Waals surface area contributed by atoms with Gasteiger partial charge in [0, 0.05) is 23.5 Å². The van der Waals surface area contributed by atoms with E-state index in [-0.39, 0.29) is 5.92 Å². The lowest BCUT2D eigenvalue weighted by Gasteiger charge is -2.26. The van der Waals surface area contributed by atoms with Crippen molar-refractivity contribution >= 4 is 11.0 Å². The zero-order valence-corrected chi connectivity index (χ0v) is 10.6. The molecule has 1 saturated heterocycles. The van der Waals surface area contributed by atoms with Crippen LogP contribution in [0.3, 0.4) is 0 Å². The van der Waals surface area contributed by atoms with Gasteiger partial charge in [0.05, 0.1) is 12.7 Å². The largest absolute Gasteiger partial charge is 0.461 e. The Balaban J connectivity index is 1.99. The van der Waals surface area contributed by atoms with Crippen LogP contribution < -0.4 is 0 Å². The van der Waals surface area contributed by atoms with Gasteiger partial charge in [0.25, 0.3) is 0 Å². The molecule has 3 nitrogen and oxygen atoms in total. The number of rotatable bonds is 2. The zero-order valence-electron chi connectivity index (χ0n) is 10.6. The maximum absolute atomic E-state index is 10.6. The third-order valence-corrected chi connectivity index (χ3v) is 3.76. The van der Waals surface area contributed by atoms with Crippen molar-refractivity contribution in [2.75, 3.05) is 13.2 Å². The Hall–Kier alpha value is -1.32. The summed E-state index contributed by atoms with van der Waals surface area (Å²) in [7, 11) is 0. The third-order valence-electron chi connectivity index (χ3n) is 3.76. The van der Waals surface area contributed by atoms with Crippen LogP contribution in [-0.2, 0) is 4.74 Å². The van der Waals surface area contributed by atoms with Crippen LogP contribution in [0.2, 0.25) is 0 Å². The van der Waals surface area contributed by atoms with Crippen molar-refractivity contribution < 1.29 is 14.3 Å². The second-order valence-electron chi connectivity index (χ2n) is 4.99. The molecule has 96 valence electrons. The minimum Gasteiger partial charge on any atom is -0.461 e. The maximum Gasteiger partial charge on any atom is 0.134 e. The second kappa shape index (κ2) is 4.75. The van der Waals surface area contributed by atoms with Crippen molar-refractivity contribution in [3.8, 4) is 0 Å². The SMILES string of the molecule is Cc1oc2ccccc2c1C(O)C1CCCOC1. The molecule has 1 aliphatic rings. The highest BCUT2D eigenvalue weighted by Gasteiger charge is 2.28. The first-order chi connectivity index (χ1) is 8.77. The van der Waals surface area contributed by atoms with Gasteiger partial charge >= 0.3 is 0 Å². The monoisotopic (exact) mass is 246 g/mol. The highest BCUT2D eigenvalue weighted by molar-refractivity contribution is 5.82. The number of aliphatic hydroxyl groups excluding tert-OH is 1. The van der Waals surface area contributed by atoms with Crippen molar-refractivity contribution in [2.24, 2.45) is 5.92 Å². The standard InChI is InChI=1S/C15H18O3/c1-10-14(12-6-2-3-7-13(12)18-10)15(16)11-5-4-8-17-9-11/h2-3,6-7,11,15-16H,4-5,8-9H2,1H3. The number of fused-ring (bicyclic) bond motifs is 1. The number of ether oxygens (including phenoxy) is 1. The Morgan fingerprint density at radius 1 is 1.33 bits per heavy atom. The summed E-state index contributed by atoms with van der Waals surface area (Å²) in [6.45, 7) is 3.37. The van der Waals surface area contributed by atoms with Crippen LogP contribution in [0.4, 0.5) is 0 Å². The smallest absolute Gasteiger partial charge is 0.134 e. The van der Waals surface area contributed by atoms with Gasteiger partial charge in [0.2, 0.25) is 0 Å². The predicted molar refractivity (Wildman–Crippen MR) is 69.5 cm³/mol. The van der Waals surface area contributed by atoms with Crippen LogP contribution >= 0.6 is 0 Å². The molecule has 0 amide bonds. The average Bonchev–Trinajstić information content (AvgIpc) is 2.75. The minimum absolute atomic E-state index is 0.179. The van der Waals surface area contributed by atoms with Gasteiger partial charge in [-0.1, -0.05) is 18.2 Å². The van der Waals surface area contributed by atoms with Crippen LogP contribution in [0, 0.1) is 12.8 Å². The van der Waals surface area contributed by atoms with Crippen LogP contribution in [0.25, 0.3) is 11.0 Å². The molecule has 18 heavy (non-hydrogen) atoms. The first kappa shape index (κ1) is 11.8. The number of furan rings is 1. The molecule has 0 radical (unpaired) electrons. The van der Waals surface area contributed by atoms with E-state index in [1.165, 1.54) is 0 Å². The molecule has 2 aromatic rings. The number of aliphatic hydroxyl groups is 1. The Morgan fingerprint density at radius 2 is 2.17 bits per heavy atom. The summed E-state index contributed by atoms with van der Waals surface area (Å²) >= 11 is 0. The highest BCUT2D eigenvalue weighted by atomic mass is 16.5. The number of hydrogen-bond acceptors (Lipinski definition) is 3. The van der Waals surface area contributed by atoms with Gasteiger partial charge in [-0.2, -0.15) is 0 Å². The molecular weight excluding hydrogens is 228 g/mol. The third kappa shape index (κ3) is 1.93. The van der Waals surface area contributed by atoms with E-state index in [4.69, 9.17) is 9.15 Å². The molecule has 3 rings (SSSR count). The van der Waals surface area contributed by atoms with Crippen LogP contribution in [0.1, 0.15) is 30.3 Å². The van der Waals surface area contributed by atoms with Crippen LogP contribution in [0.15, 0.2) is 28.7 Å². The van der Waals surface area contributed by atoms with Gasteiger partial charge < -0.3 is 14.3 Å². The normalized spacial score (nSPS) is 22.2. The van der Waals surface area contributed by atoms with E-state index in [2.05, 4.69) is 0 Å². The van der Waals surface area contributed by atoms with E-state index < -0.39 is 6.10 Å². The second-order valence-corrected chi connectivity index (χ2v) is 4.99. The lowest BCUT2D eigenvalue weighted by molar-refractivity contribution is -0.00996. The van der Waals surface area contributed by atoms with Crippen molar-refractivity contribution in [1.82, 2.24) is 0 Å². The molecule has 1 aromatic carbocycles. The van der Waals surface area contributed by atoms with E-state index in [0.717, 1.165) is 41.7 Å². The van der Waals surface area contributed by atoms with Crippen LogP contribution in [-0.4, -0.2) is 18.3 Å². The van der Waals surface area contributed by atoms with E-state index in [1.807, 2.05) is 31.2 Å². The summed E-state index contributed by atoms with van der Waals surface area (Å²) in [6.07, 6.45) is 1.55. The van der Waals surface area contributed by atoms with Crippen LogP contribution in [0.5, 0.6) is 0 Å². The molecule has 1 N–H and O–H groups in total. The first-order valence-electron chi connectivity index (χ1n) is 6.51. The van der Waals surface area contributed by atoms with Gasteiger partial charge in [0.15, 0.2) is 0 Å². The summed E-state index contributed by atoms with van der Waals surface area (Å²) in [4.78, 5) is 0. The summed E-state index contributed by atoms with van der Waals surface area (Å²) in [5, 5.41) is 11.6. The Labute approximate surface area is 106 Å². The number of para-hydroxylation sites is 1. The quantitative estimate of drug-likeness (QED) is 0.884. The van der Waals surface area contributed by atoms with E-state index in [9.17, 15) is 5.11 Å². The lowest BCUT2D eigenvalue weighted by Crippen LogP contribution is -2.23. The first-order valence-corrected chi connectivity index (χ1v) is 6.51. The lowest BCUT2D eigenvalue weighted by atomic mass is 9.90. The molecule has 2 heterocycles. The zero-order chi connectivity index (χ0) is 12.5. The molecule has 0 spiro atoms. The van der Waals surface area contributed by atoms with E-state index in [1.54, 1.807) is 0 Å². The maximum atomic E-state index is 10.6. The number of aryl methyl sites for hydroxylation is 1. The molecule has 0 bridgehead atoms. The van der Waals surface area contributed by atoms with Gasteiger partial charge in [-0.15, -0.1) is 0 Å². The Bertz CT molecular complexity index is 538. The molecule has 1 aliphatic heterocycles. The fourth-order valence-electron chi connectivity index (χ4n) is 2.81. The summed E-state index contributed by atoms with van der Waals surface area (Å²) in [6, 6.07) is 7.88. The van der Waals surface area contributed by atoms with E-state index in [0.29, 0.717) is 6.61 Å². The minimum atomic E-state index is -0.492. The Morgan fingerprint density at radius 3 is 2.94 bits per heavy atom. The van der Waals surface area contributed by atoms with Crippen molar-refractivity contribution in [3.05, 3.63) is 35.6 Å².